The van der Waals surface area contributed by atoms with Crippen molar-refractivity contribution in [3.05, 3.63) is 106 Å². The van der Waals surface area contributed by atoms with Crippen LogP contribution in [-0.4, -0.2) is 73.5 Å². The number of amides is 1. The van der Waals surface area contributed by atoms with Gasteiger partial charge in [-0.15, -0.1) is 0 Å². The SMILES string of the molecule is CN(CC(O)CO)C(=O)c1ccc2c(c1)CN(c1nc(-c3nc4ccccc4o3)c(O)c(=O)n1C)CC2.Fc1ccccc1. The molecule has 1 aliphatic heterocycles. The molecule has 12 heteroatoms. The summed E-state index contributed by atoms with van der Waals surface area (Å²) >= 11 is 0. The van der Waals surface area contributed by atoms with Gasteiger partial charge in [-0.3, -0.25) is 14.2 Å². The minimum absolute atomic E-state index is 0.0106. The van der Waals surface area contributed by atoms with E-state index in [4.69, 9.17) is 9.52 Å². The average Bonchev–Trinajstić information content (AvgIpc) is 3.47. The Morgan fingerprint density at radius 2 is 1.80 bits per heavy atom. The van der Waals surface area contributed by atoms with Gasteiger partial charge in [-0.2, -0.15) is 0 Å². The van der Waals surface area contributed by atoms with Crippen molar-refractivity contribution in [3.8, 4) is 17.3 Å². The van der Waals surface area contributed by atoms with Gasteiger partial charge in [-0.25, -0.2) is 14.4 Å². The molecule has 1 unspecified atom stereocenters. The fourth-order valence-corrected chi connectivity index (χ4v) is 4.94. The third kappa shape index (κ3) is 6.46. The summed E-state index contributed by atoms with van der Waals surface area (Å²) in [6, 6.07) is 20.5. The number of hydrogen-bond donors (Lipinski definition) is 3. The normalized spacial score (nSPS) is 13.2. The molecule has 0 fully saturated rings. The second kappa shape index (κ2) is 13.1. The van der Waals surface area contributed by atoms with E-state index in [9.17, 15) is 24.2 Å². The van der Waals surface area contributed by atoms with Crippen LogP contribution in [0.2, 0.25) is 0 Å². The molecule has 3 aromatic carbocycles. The van der Waals surface area contributed by atoms with Crippen LogP contribution in [0.15, 0.2) is 82.0 Å². The van der Waals surface area contributed by atoms with Gasteiger partial charge in [0.05, 0.1) is 12.7 Å². The lowest BCUT2D eigenvalue weighted by atomic mass is 9.97. The zero-order chi connectivity index (χ0) is 31.4. The standard InChI is InChI=1S/C26H27N5O6.C6H5F/c1-29(13-18(33)14-32)24(35)16-8-7-15-9-10-31(12-17(15)11-16)26-28-21(22(34)25(36)30(26)2)23-27-19-5-3-4-6-20(19)37-23;7-6-4-2-1-3-5-6/h3-8,11,18,32-34H,9-10,12-14H2,1-2H3;1-5H. The highest BCUT2D eigenvalue weighted by Gasteiger charge is 2.26. The number of anilines is 1. The molecule has 0 bridgehead atoms. The number of likely N-dealkylation sites (N-methyl/N-ethyl adjacent to an activating group) is 1. The summed E-state index contributed by atoms with van der Waals surface area (Å²) in [4.78, 5) is 38.0. The lowest BCUT2D eigenvalue weighted by Gasteiger charge is -2.31. The fourth-order valence-electron chi connectivity index (χ4n) is 4.94. The molecule has 3 N–H and O–H groups in total. The number of rotatable bonds is 6. The number of hydrogen-bond acceptors (Lipinski definition) is 9. The van der Waals surface area contributed by atoms with Crippen LogP contribution in [0, 0.1) is 5.82 Å². The van der Waals surface area contributed by atoms with Crippen LogP contribution in [0.3, 0.4) is 0 Å². The van der Waals surface area contributed by atoms with Crippen LogP contribution in [-0.2, 0) is 20.0 Å². The molecule has 0 aliphatic carbocycles. The van der Waals surface area contributed by atoms with Crippen LogP contribution >= 0.6 is 0 Å². The molecule has 11 nitrogen and oxygen atoms in total. The number of oxazole rings is 1. The van der Waals surface area contributed by atoms with Crippen molar-refractivity contribution in [3.63, 3.8) is 0 Å². The molecule has 5 aromatic rings. The largest absolute Gasteiger partial charge is 0.501 e. The van der Waals surface area contributed by atoms with E-state index in [0.717, 1.165) is 11.1 Å². The van der Waals surface area contributed by atoms with E-state index in [0.29, 0.717) is 42.1 Å². The Balaban J connectivity index is 0.000000484. The summed E-state index contributed by atoms with van der Waals surface area (Å²) < 4.78 is 18.9. The highest BCUT2D eigenvalue weighted by Crippen LogP contribution is 2.30. The van der Waals surface area contributed by atoms with Gasteiger partial charge in [-0.05, 0) is 53.9 Å². The first-order valence-corrected chi connectivity index (χ1v) is 13.9. The number of fused-ring (bicyclic) bond motifs is 2. The molecule has 228 valence electrons. The number of aromatic nitrogens is 3. The van der Waals surface area contributed by atoms with Gasteiger partial charge in [0.2, 0.25) is 11.7 Å². The molecule has 2 aromatic heterocycles. The van der Waals surface area contributed by atoms with Gasteiger partial charge in [0, 0.05) is 39.3 Å². The van der Waals surface area contributed by atoms with E-state index in [2.05, 4.69) is 9.97 Å². The van der Waals surface area contributed by atoms with Gasteiger partial charge in [0.15, 0.2) is 11.3 Å². The summed E-state index contributed by atoms with van der Waals surface area (Å²) in [5.41, 5.74) is 2.87. The lowest BCUT2D eigenvalue weighted by molar-refractivity contribution is 0.0520. The number of halogens is 1. The molecular weight excluding hydrogens is 569 g/mol. The monoisotopic (exact) mass is 601 g/mol. The van der Waals surface area contributed by atoms with Crippen molar-refractivity contribution in [2.24, 2.45) is 7.05 Å². The highest BCUT2D eigenvalue weighted by molar-refractivity contribution is 5.94. The first kappa shape index (κ1) is 30.4. The predicted molar refractivity (Wildman–Crippen MR) is 162 cm³/mol. The minimum atomic E-state index is -1.01. The first-order valence-electron chi connectivity index (χ1n) is 13.9. The zero-order valence-corrected chi connectivity index (χ0v) is 24.2. The molecule has 0 saturated carbocycles. The molecule has 6 rings (SSSR count). The van der Waals surface area contributed by atoms with Gasteiger partial charge in [0.1, 0.15) is 11.3 Å². The van der Waals surface area contributed by atoms with Crippen molar-refractivity contribution in [1.82, 2.24) is 19.4 Å². The molecule has 0 saturated heterocycles. The number of carbonyl (C=O) groups is 1. The van der Waals surface area contributed by atoms with Gasteiger partial charge >= 0.3 is 0 Å². The number of aliphatic hydroxyl groups excluding tert-OH is 2. The topological polar surface area (TPSA) is 145 Å². The number of nitrogens with zero attached hydrogens (tertiary/aromatic N) is 5. The Kier molecular flexibility index (Phi) is 9.02. The van der Waals surface area contributed by atoms with Crippen LogP contribution in [0.1, 0.15) is 21.5 Å². The third-order valence-corrected chi connectivity index (χ3v) is 7.26. The Morgan fingerprint density at radius 1 is 1.07 bits per heavy atom. The number of para-hydroxylation sites is 2. The second-order valence-electron chi connectivity index (χ2n) is 10.4. The maximum absolute atomic E-state index is 12.9. The Hall–Kier alpha value is -5.07. The minimum Gasteiger partial charge on any atom is -0.501 e. The van der Waals surface area contributed by atoms with Crippen molar-refractivity contribution in [1.29, 1.82) is 0 Å². The van der Waals surface area contributed by atoms with Crippen LogP contribution in [0.5, 0.6) is 5.75 Å². The highest BCUT2D eigenvalue weighted by atomic mass is 19.1. The smallest absolute Gasteiger partial charge is 0.297 e. The Labute approximate surface area is 252 Å². The summed E-state index contributed by atoms with van der Waals surface area (Å²) in [5.74, 6) is -0.610. The quantitative estimate of drug-likeness (QED) is 0.267. The van der Waals surface area contributed by atoms with E-state index in [1.807, 2.05) is 17.0 Å². The Morgan fingerprint density at radius 3 is 2.48 bits per heavy atom. The van der Waals surface area contributed by atoms with Gasteiger partial charge in [0.25, 0.3) is 17.4 Å². The van der Waals surface area contributed by atoms with Gasteiger partial charge in [-0.1, -0.05) is 36.4 Å². The number of carbonyl (C=O) groups excluding carboxylic acids is 1. The number of aliphatic hydroxyl groups is 2. The molecular formula is C32H32FN5O6. The van der Waals surface area contributed by atoms with Gasteiger partial charge < -0.3 is 29.5 Å². The molecule has 1 amide bonds. The number of aromatic hydroxyl groups is 1. The lowest BCUT2D eigenvalue weighted by Crippen LogP contribution is -2.37. The summed E-state index contributed by atoms with van der Waals surface area (Å²) in [6.07, 6.45) is -0.350. The predicted octanol–water partition coefficient (Wildman–Crippen LogP) is 3.11. The zero-order valence-electron chi connectivity index (χ0n) is 24.2. The maximum Gasteiger partial charge on any atom is 0.297 e. The molecule has 0 radical (unpaired) electrons. The van der Waals surface area contributed by atoms with Crippen molar-refractivity contribution in [2.45, 2.75) is 19.1 Å². The molecule has 1 atom stereocenters. The third-order valence-electron chi connectivity index (χ3n) is 7.26. The van der Waals surface area contributed by atoms with E-state index in [1.54, 1.807) is 55.6 Å². The van der Waals surface area contributed by atoms with E-state index >= 15 is 0 Å². The Bertz CT molecular complexity index is 1810. The first-order chi connectivity index (χ1) is 21.2. The number of benzene rings is 3. The molecule has 0 spiro atoms. The molecule has 3 heterocycles. The molecule has 1 aliphatic rings. The van der Waals surface area contributed by atoms with E-state index in [-0.39, 0.29) is 29.9 Å². The second-order valence-corrected chi connectivity index (χ2v) is 10.4. The van der Waals surface area contributed by atoms with E-state index < -0.39 is 24.0 Å². The fraction of sp³-hybridized carbons (Fsp3) is 0.250. The van der Waals surface area contributed by atoms with Crippen LogP contribution in [0.25, 0.3) is 22.7 Å². The summed E-state index contributed by atoms with van der Waals surface area (Å²) in [5, 5.41) is 29.3. The average molecular weight is 602 g/mol. The summed E-state index contributed by atoms with van der Waals surface area (Å²) in [6.45, 7) is 0.537. The maximum atomic E-state index is 12.9. The van der Waals surface area contributed by atoms with Crippen molar-refractivity contribution >= 4 is 23.0 Å². The van der Waals surface area contributed by atoms with Crippen LogP contribution < -0.4 is 10.5 Å². The summed E-state index contributed by atoms with van der Waals surface area (Å²) in [7, 11) is 3.11. The van der Waals surface area contributed by atoms with Crippen molar-refractivity contribution < 1.29 is 28.9 Å². The molecule has 44 heavy (non-hydrogen) atoms. The van der Waals surface area contributed by atoms with Crippen LogP contribution in [0.4, 0.5) is 10.3 Å². The van der Waals surface area contributed by atoms with Crippen molar-refractivity contribution in [2.75, 3.05) is 31.6 Å². The van der Waals surface area contributed by atoms with E-state index in [1.165, 1.54) is 28.6 Å².